The first-order chi connectivity index (χ1) is 8.88. The molecule has 7 heteroatoms. The number of nitrogens with one attached hydrogen (secondary N) is 1. The Morgan fingerprint density at radius 2 is 1.95 bits per heavy atom. The highest BCUT2D eigenvalue weighted by atomic mass is 79.9. The molecule has 0 unspecified atom stereocenters. The van der Waals surface area contributed by atoms with Crippen LogP contribution in [-0.2, 0) is 16.6 Å². The van der Waals surface area contributed by atoms with Crippen molar-refractivity contribution in [1.29, 1.82) is 0 Å². The number of sulfonamides is 1. The summed E-state index contributed by atoms with van der Waals surface area (Å²) in [7, 11) is -3.50. The van der Waals surface area contributed by atoms with Crippen molar-refractivity contribution in [3.05, 3.63) is 50.3 Å². The van der Waals surface area contributed by atoms with Crippen molar-refractivity contribution in [2.45, 2.75) is 17.7 Å². The Morgan fingerprint density at radius 3 is 2.47 bits per heavy atom. The molecule has 0 aliphatic heterocycles. The van der Waals surface area contributed by atoms with Gasteiger partial charge in [0.25, 0.3) is 0 Å². The summed E-state index contributed by atoms with van der Waals surface area (Å²) in [5.74, 6) is 0. The summed E-state index contributed by atoms with van der Waals surface area (Å²) in [4.78, 5) is 0. The van der Waals surface area contributed by atoms with Gasteiger partial charge in [-0.05, 0) is 36.2 Å². The second kappa shape index (κ2) is 5.93. The maximum absolute atomic E-state index is 12.1. The van der Waals surface area contributed by atoms with Gasteiger partial charge < -0.3 is 0 Å². The lowest BCUT2D eigenvalue weighted by atomic mass is 10.2. The van der Waals surface area contributed by atoms with Crippen LogP contribution in [0.5, 0.6) is 0 Å². The summed E-state index contributed by atoms with van der Waals surface area (Å²) in [6, 6.07) is 9.04. The van der Waals surface area contributed by atoms with Gasteiger partial charge in [0.2, 0.25) is 10.0 Å². The third-order valence-corrected chi connectivity index (χ3v) is 6.44. The van der Waals surface area contributed by atoms with E-state index < -0.39 is 10.0 Å². The Balaban J connectivity index is 2.11. The number of thiophene rings is 1. The highest BCUT2D eigenvalue weighted by Crippen LogP contribution is 2.30. The zero-order valence-electron chi connectivity index (χ0n) is 9.98. The fourth-order valence-corrected chi connectivity index (χ4v) is 4.45. The first-order valence-electron chi connectivity index (χ1n) is 5.38. The third-order valence-electron chi connectivity index (χ3n) is 2.48. The van der Waals surface area contributed by atoms with E-state index in [0.717, 1.165) is 26.9 Å². The van der Waals surface area contributed by atoms with Crippen molar-refractivity contribution >= 4 is 48.9 Å². The van der Waals surface area contributed by atoms with Crippen LogP contribution in [0, 0.1) is 6.92 Å². The van der Waals surface area contributed by atoms with Gasteiger partial charge >= 0.3 is 0 Å². The Labute approximate surface area is 129 Å². The van der Waals surface area contributed by atoms with Crippen LogP contribution < -0.4 is 4.72 Å². The molecule has 19 heavy (non-hydrogen) atoms. The maximum atomic E-state index is 12.1. The number of hydrogen-bond donors (Lipinski definition) is 1. The van der Waals surface area contributed by atoms with Crippen molar-refractivity contribution < 1.29 is 8.42 Å². The van der Waals surface area contributed by atoms with Gasteiger partial charge in [0.1, 0.15) is 4.21 Å². The van der Waals surface area contributed by atoms with Crippen LogP contribution in [0.2, 0.25) is 4.34 Å². The van der Waals surface area contributed by atoms with Crippen LogP contribution in [0.1, 0.15) is 11.1 Å². The topological polar surface area (TPSA) is 46.2 Å². The average Bonchev–Trinajstić information content (AvgIpc) is 2.70. The number of rotatable bonds is 4. The number of hydrogen-bond acceptors (Lipinski definition) is 3. The monoisotopic (exact) mass is 379 g/mol. The highest BCUT2D eigenvalue weighted by Gasteiger charge is 2.17. The molecule has 0 bridgehead atoms. The van der Waals surface area contributed by atoms with E-state index in [-0.39, 0.29) is 10.8 Å². The van der Waals surface area contributed by atoms with Crippen LogP contribution >= 0.6 is 38.9 Å². The molecule has 1 aromatic carbocycles. The van der Waals surface area contributed by atoms with E-state index in [9.17, 15) is 8.42 Å². The SMILES string of the molecule is Cc1cc(S(=O)(=O)NCc2ccc(Br)cc2)sc1Cl. The number of benzene rings is 1. The van der Waals surface area contributed by atoms with Crippen LogP contribution in [0.25, 0.3) is 0 Å². The molecule has 0 atom stereocenters. The molecular weight excluding hydrogens is 370 g/mol. The maximum Gasteiger partial charge on any atom is 0.250 e. The fraction of sp³-hybridized carbons (Fsp3) is 0.167. The third kappa shape index (κ3) is 3.79. The van der Waals surface area contributed by atoms with Gasteiger partial charge in [0.05, 0.1) is 4.34 Å². The van der Waals surface area contributed by atoms with E-state index in [2.05, 4.69) is 20.7 Å². The number of halogens is 2. The summed E-state index contributed by atoms with van der Waals surface area (Å²) in [5.41, 5.74) is 1.67. The Hall–Kier alpha value is -0.400. The molecule has 0 amide bonds. The van der Waals surface area contributed by atoms with E-state index >= 15 is 0 Å². The molecule has 0 aliphatic carbocycles. The van der Waals surface area contributed by atoms with E-state index in [1.54, 1.807) is 13.0 Å². The lowest BCUT2D eigenvalue weighted by molar-refractivity contribution is 0.583. The van der Waals surface area contributed by atoms with E-state index in [1.807, 2.05) is 24.3 Å². The predicted molar refractivity (Wildman–Crippen MR) is 82.2 cm³/mol. The van der Waals surface area contributed by atoms with E-state index in [1.165, 1.54) is 0 Å². The van der Waals surface area contributed by atoms with Crippen molar-refractivity contribution in [1.82, 2.24) is 4.72 Å². The molecular formula is C12H11BrClNO2S2. The predicted octanol–water partition coefficient (Wildman–Crippen LogP) is 3.95. The second-order valence-corrected chi connectivity index (χ2v) is 8.54. The first kappa shape index (κ1) is 15.0. The molecule has 0 aliphatic rings. The van der Waals surface area contributed by atoms with Gasteiger partial charge in [0.15, 0.2) is 0 Å². The summed E-state index contributed by atoms with van der Waals surface area (Å²) in [6.07, 6.45) is 0. The molecule has 0 fully saturated rings. The van der Waals surface area contributed by atoms with Crippen molar-refractivity contribution in [3.63, 3.8) is 0 Å². The average molecular weight is 381 g/mol. The summed E-state index contributed by atoms with van der Waals surface area (Å²) in [5, 5.41) is 0. The van der Waals surface area contributed by atoms with Gasteiger partial charge in [-0.3, -0.25) is 0 Å². The van der Waals surface area contributed by atoms with Crippen LogP contribution in [0.3, 0.4) is 0 Å². The molecule has 0 saturated carbocycles. The molecule has 0 spiro atoms. The molecule has 102 valence electrons. The minimum absolute atomic E-state index is 0.243. The fourth-order valence-electron chi connectivity index (χ4n) is 1.42. The van der Waals surface area contributed by atoms with Crippen LogP contribution in [0.4, 0.5) is 0 Å². The van der Waals surface area contributed by atoms with Gasteiger partial charge in [-0.2, -0.15) is 0 Å². The van der Waals surface area contributed by atoms with E-state index in [4.69, 9.17) is 11.6 Å². The Morgan fingerprint density at radius 1 is 1.32 bits per heavy atom. The van der Waals surface area contributed by atoms with Crippen molar-refractivity contribution in [2.24, 2.45) is 0 Å². The van der Waals surface area contributed by atoms with Crippen LogP contribution in [0.15, 0.2) is 39.0 Å². The number of aryl methyl sites for hydroxylation is 1. The highest BCUT2D eigenvalue weighted by molar-refractivity contribution is 9.10. The Bertz CT molecular complexity index is 661. The molecule has 1 N–H and O–H groups in total. The minimum Gasteiger partial charge on any atom is -0.206 e. The zero-order valence-corrected chi connectivity index (χ0v) is 14.0. The van der Waals surface area contributed by atoms with E-state index in [0.29, 0.717) is 4.34 Å². The van der Waals surface area contributed by atoms with Crippen molar-refractivity contribution in [2.75, 3.05) is 0 Å². The standard InChI is InChI=1S/C12H11BrClNO2S2/c1-8-6-11(18-12(8)14)19(16,17)15-7-9-2-4-10(13)5-3-9/h2-6,15H,7H2,1H3. The summed E-state index contributed by atoms with van der Waals surface area (Å²) in [6.45, 7) is 2.04. The molecule has 0 saturated heterocycles. The second-order valence-electron chi connectivity index (χ2n) is 3.97. The van der Waals surface area contributed by atoms with Crippen molar-refractivity contribution in [3.8, 4) is 0 Å². The van der Waals surface area contributed by atoms with Gasteiger partial charge in [-0.1, -0.05) is 39.7 Å². The Kier molecular flexibility index (Phi) is 4.68. The molecule has 2 aromatic rings. The lowest BCUT2D eigenvalue weighted by Gasteiger charge is -2.04. The zero-order chi connectivity index (χ0) is 14.0. The normalized spacial score (nSPS) is 11.7. The van der Waals surface area contributed by atoms with Crippen LogP contribution in [-0.4, -0.2) is 8.42 Å². The first-order valence-corrected chi connectivity index (χ1v) is 8.85. The summed E-state index contributed by atoms with van der Waals surface area (Å²) < 4.78 is 28.4. The molecule has 1 aromatic heterocycles. The largest absolute Gasteiger partial charge is 0.250 e. The van der Waals surface area contributed by atoms with Gasteiger partial charge in [0, 0.05) is 11.0 Å². The quantitative estimate of drug-likeness (QED) is 0.873. The molecule has 1 heterocycles. The summed E-state index contributed by atoms with van der Waals surface area (Å²) >= 11 is 10.3. The van der Waals surface area contributed by atoms with Gasteiger partial charge in [-0.25, -0.2) is 13.1 Å². The molecule has 2 rings (SSSR count). The molecule has 3 nitrogen and oxygen atoms in total. The minimum atomic E-state index is -3.50. The smallest absolute Gasteiger partial charge is 0.206 e. The van der Waals surface area contributed by atoms with Gasteiger partial charge in [-0.15, -0.1) is 11.3 Å². The molecule has 0 radical (unpaired) electrons. The lowest BCUT2D eigenvalue weighted by Crippen LogP contribution is -2.22.